The summed E-state index contributed by atoms with van der Waals surface area (Å²) in [6.07, 6.45) is 5.78. The van der Waals surface area contributed by atoms with Crippen molar-refractivity contribution in [2.75, 3.05) is 25.0 Å². The number of benzene rings is 1. The Morgan fingerprint density at radius 1 is 1.20 bits per heavy atom. The van der Waals surface area contributed by atoms with Gasteiger partial charge in [-0.1, -0.05) is 12.8 Å². The summed E-state index contributed by atoms with van der Waals surface area (Å²) in [5, 5.41) is 11.9. The standard InChI is InChI=1S/C19H23N3O3/c1-2-25-19(24)16(13-20)14-21-17-9-7-15(8-10-17)18(23)22-11-5-3-4-6-12-22/h7-10,14,21H,2-6,11-12H2,1H3/b16-14-. The predicted molar refractivity (Wildman–Crippen MR) is 94.8 cm³/mol. The lowest BCUT2D eigenvalue weighted by atomic mass is 10.1. The van der Waals surface area contributed by atoms with Crippen LogP contribution < -0.4 is 5.32 Å². The smallest absolute Gasteiger partial charge is 0.350 e. The van der Waals surface area contributed by atoms with Gasteiger partial charge in [0.05, 0.1) is 6.61 Å². The average Bonchev–Trinajstić information content (AvgIpc) is 2.92. The summed E-state index contributed by atoms with van der Waals surface area (Å²) in [6, 6.07) is 8.80. The summed E-state index contributed by atoms with van der Waals surface area (Å²) in [6.45, 7) is 3.52. The number of likely N-dealkylation sites (tertiary alicyclic amines) is 1. The monoisotopic (exact) mass is 341 g/mol. The Labute approximate surface area is 148 Å². The molecule has 0 radical (unpaired) electrons. The Morgan fingerprint density at radius 2 is 1.84 bits per heavy atom. The number of hydrogen-bond acceptors (Lipinski definition) is 5. The van der Waals surface area contributed by atoms with Crippen LogP contribution in [0.5, 0.6) is 0 Å². The molecule has 1 heterocycles. The average molecular weight is 341 g/mol. The fourth-order valence-electron chi connectivity index (χ4n) is 2.67. The number of esters is 1. The molecular formula is C19H23N3O3. The molecule has 1 aliphatic heterocycles. The number of carbonyl (C=O) groups excluding carboxylic acids is 2. The summed E-state index contributed by atoms with van der Waals surface area (Å²) < 4.78 is 4.79. The van der Waals surface area contributed by atoms with Crippen LogP contribution in [0.1, 0.15) is 43.0 Å². The highest BCUT2D eigenvalue weighted by Crippen LogP contribution is 2.16. The minimum atomic E-state index is -0.662. The van der Waals surface area contributed by atoms with Crippen LogP contribution in [0.15, 0.2) is 36.0 Å². The first-order valence-corrected chi connectivity index (χ1v) is 8.59. The van der Waals surface area contributed by atoms with E-state index in [1.165, 1.54) is 19.0 Å². The van der Waals surface area contributed by atoms with Gasteiger partial charge in [0, 0.05) is 30.5 Å². The summed E-state index contributed by atoms with van der Waals surface area (Å²) in [5.41, 5.74) is 1.22. The molecule has 0 aliphatic carbocycles. The molecule has 0 aromatic heterocycles. The van der Waals surface area contributed by atoms with Crippen molar-refractivity contribution in [3.8, 4) is 6.07 Å². The molecule has 1 aromatic rings. The molecule has 132 valence electrons. The van der Waals surface area contributed by atoms with Gasteiger partial charge in [-0.3, -0.25) is 4.79 Å². The van der Waals surface area contributed by atoms with Crippen LogP contribution in [-0.2, 0) is 9.53 Å². The molecule has 0 spiro atoms. The first kappa shape index (κ1) is 18.5. The van der Waals surface area contributed by atoms with Crippen LogP contribution in [0.2, 0.25) is 0 Å². The SMILES string of the molecule is CCOC(=O)/C(C#N)=C\Nc1ccc(C(=O)N2CCCCCC2)cc1. The van der Waals surface area contributed by atoms with Crippen molar-refractivity contribution < 1.29 is 14.3 Å². The van der Waals surface area contributed by atoms with Gasteiger partial charge in [-0.25, -0.2) is 4.79 Å². The largest absolute Gasteiger partial charge is 0.462 e. The number of rotatable bonds is 5. The zero-order valence-corrected chi connectivity index (χ0v) is 14.5. The number of anilines is 1. The molecule has 0 atom stereocenters. The fraction of sp³-hybridized carbons (Fsp3) is 0.421. The van der Waals surface area contributed by atoms with Gasteiger partial charge in [-0.05, 0) is 44.0 Å². The second kappa shape index (κ2) is 9.48. The minimum Gasteiger partial charge on any atom is -0.462 e. The third kappa shape index (κ3) is 5.35. The van der Waals surface area contributed by atoms with E-state index in [4.69, 9.17) is 10.00 Å². The predicted octanol–water partition coefficient (Wildman–Crippen LogP) is 3.09. The fourth-order valence-corrected chi connectivity index (χ4v) is 2.67. The number of ether oxygens (including phenoxy) is 1. The quantitative estimate of drug-likeness (QED) is 0.505. The number of hydrogen-bond donors (Lipinski definition) is 1. The first-order valence-electron chi connectivity index (χ1n) is 8.59. The second-order valence-electron chi connectivity index (χ2n) is 5.82. The lowest BCUT2D eigenvalue weighted by Crippen LogP contribution is -2.31. The zero-order chi connectivity index (χ0) is 18.1. The maximum absolute atomic E-state index is 12.5. The molecule has 25 heavy (non-hydrogen) atoms. The molecule has 1 amide bonds. The van der Waals surface area contributed by atoms with Crippen molar-refractivity contribution in [1.29, 1.82) is 5.26 Å². The summed E-state index contributed by atoms with van der Waals surface area (Å²) in [4.78, 5) is 26.0. The molecule has 1 N–H and O–H groups in total. The van der Waals surface area contributed by atoms with Crippen LogP contribution in [0.25, 0.3) is 0 Å². The molecule has 0 unspecified atom stereocenters. The van der Waals surface area contributed by atoms with Gasteiger partial charge >= 0.3 is 5.97 Å². The summed E-state index contributed by atoms with van der Waals surface area (Å²) in [7, 11) is 0. The maximum Gasteiger partial charge on any atom is 0.350 e. The van der Waals surface area contributed by atoms with Gasteiger partial charge in [0.1, 0.15) is 6.07 Å². The van der Waals surface area contributed by atoms with Gasteiger partial charge in [0.25, 0.3) is 5.91 Å². The highest BCUT2D eigenvalue weighted by molar-refractivity contribution is 5.95. The highest BCUT2D eigenvalue weighted by atomic mass is 16.5. The van der Waals surface area contributed by atoms with Crippen LogP contribution in [-0.4, -0.2) is 36.5 Å². The molecule has 0 bridgehead atoms. The maximum atomic E-state index is 12.5. The van der Waals surface area contributed by atoms with Crippen LogP contribution in [0.3, 0.4) is 0 Å². The molecular weight excluding hydrogens is 318 g/mol. The molecule has 1 fully saturated rings. The zero-order valence-electron chi connectivity index (χ0n) is 14.5. The molecule has 6 heteroatoms. The van der Waals surface area contributed by atoms with E-state index >= 15 is 0 Å². The number of amides is 1. The van der Waals surface area contributed by atoms with Gasteiger partial charge in [0.2, 0.25) is 0 Å². The van der Waals surface area contributed by atoms with Crippen molar-refractivity contribution in [3.05, 3.63) is 41.6 Å². The van der Waals surface area contributed by atoms with Gasteiger partial charge in [0.15, 0.2) is 5.57 Å². The molecule has 6 nitrogen and oxygen atoms in total. The van der Waals surface area contributed by atoms with Crippen molar-refractivity contribution in [1.82, 2.24) is 4.90 Å². The third-order valence-electron chi connectivity index (χ3n) is 4.02. The summed E-state index contributed by atoms with van der Waals surface area (Å²) in [5.74, 6) is -0.612. The summed E-state index contributed by atoms with van der Waals surface area (Å²) >= 11 is 0. The van der Waals surface area contributed by atoms with Gasteiger partial charge in [-0.15, -0.1) is 0 Å². The van der Waals surface area contributed by atoms with Crippen molar-refractivity contribution in [2.45, 2.75) is 32.6 Å². The molecule has 1 aliphatic rings. The number of carbonyl (C=O) groups is 2. The number of nitrogens with zero attached hydrogens (tertiary/aromatic N) is 2. The molecule has 1 saturated heterocycles. The Kier molecular flexibility index (Phi) is 7.02. The van der Waals surface area contributed by atoms with E-state index in [0.29, 0.717) is 11.3 Å². The Morgan fingerprint density at radius 3 is 2.40 bits per heavy atom. The molecule has 0 saturated carbocycles. The van der Waals surface area contributed by atoms with E-state index < -0.39 is 5.97 Å². The van der Waals surface area contributed by atoms with Crippen LogP contribution in [0, 0.1) is 11.3 Å². The van der Waals surface area contributed by atoms with Crippen molar-refractivity contribution >= 4 is 17.6 Å². The Balaban J connectivity index is 2.00. The molecule has 2 rings (SSSR count). The normalized spacial score (nSPS) is 15.0. The Bertz CT molecular complexity index is 666. The van der Waals surface area contributed by atoms with Crippen LogP contribution in [0.4, 0.5) is 5.69 Å². The first-order chi connectivity index (χ1) is 12.2. The molecule has 1 aromatic carbocycles. The van der Waals surface area contributed by atoms with E-state index in [1.54, 1.807) is 37.3 Å². The lowest BCUT2D eigenvalue weighted by Gasteiger charge is -2.20. The third-order valence-corrected chi connectivity index (χ3v) is 4.02. The van der Waals surface area contributed by atoms with E-state index in [1.807, 2.05) is 4.90 Å². The van der Waals surface area contributed by atoms with Crippen molar-refractivity contribution in [2.24, 2.45) is 0 Å². The van der Waals surface area contributed by atoms with Gasteiger partial charge in [-0.2, -0.15) is 5.26 Å². The highest BCUT2D eigenvalue weighted by Gasteiger charge is 2.17. The van der Waals surface area contributed by atoms with E-state index in [-0.39, 0.29) is 18.1 Å². The van der Waals surface area contributed by atoms with E-state index in [2.05, 4.69) is 5.32 Å². The van der Waals surface area contributed by atoms with E-state index in [9.17, 15) is 9.59 Å². The second-order valence-corrected chi connectivity index (χ2v) is 5.82. The van der Waals surface area contributed by atoms with E-state index in [0.717, 1.165) is 25.9 Å². The van der Waals surface area contributed by atoms with Gasteiger partial charge < -0.3 is 15.0 Å². The van der Waals surface area contributed by atoms with Crippen molar-refractivity contribution in [3.63, 3.8) is 0 Å². The minimum absolute atomic E-state index is 0.0493. The van der Waals surface area contributed by atoms with Crippen LogP contribution >= 0.6 is 0 Å². The number of nitriles is 1. The topological polar surface area (TPSA) is 82.4 Å². The lowest BCUT2D eigenvalue weighted by molar-refractivity contribution is -0.138. The Hall–Kier alpha value is -2.81. The number of nitrogens with one attached hydrogen (secondary N) is 1.